The van der Waals surface area contributed by atoms with Gasteiger partial charge in [0.25, 0.3) is 0 Å². The van der Waals surface area contributed by atoms with Gasteiger partial charge in [0.1, 0.15) is 11.3 Å². The first kappa shape index (κ1) is 16.5. The molecule has 2 heterocycles. The van der Waals surface area contributed by atoms with Gasteiger partial charge in [-0.25, -0.2) is 0 Å². The number of rotatable bonds is 5. The molecule has 4 aromatic rings. The molecule has 5 heteroatoms. The molecule has 2 aromatic carbocycles. The third kappa shape index (κ3) is 3.26. The van der Waals surface area contributed by atoms with Crippen molar-refractivity contribution in [1.82, 2.24) is 15.0 Å². The topological polar surface area (TPSA) is 55.3 Å². The predicted molar refractivity (Wildman–Crippen MR) is 101 cm³/mol. The number of para-hydroxylation sites is 1. The second-order valence-corrected chi connectivity index (χ2v) is 6.66. The summed E-state index contributed by atoms with van der Waals surface area (Å²) in [6, 6.07) is 18.3. The second-order valence-electron chi connectivity index (χ2n) is 6.66. The van der Waals surface area contributed by atoms with Gasteiger partial charge in [-0.1, -0.05) is 47.1 Å². The highest BCUT2D eigenvalue weighted by Crippen LogP contribution is 2.27. The van der Waals surface area contributed by atoms with Crippen molar-refractivity contribution in [2.24, 2.45) is 0 Å². The highest BCUT2D eigenvalue weighted by molar-refractivity contribution is 5.77. The van der Waals surface area contributed by atoms with E-state index in [1.807, 2.05) is 50.4 Å². The number of fused-ring (bicyclic) bond motifs is 1. The third-order valence-corrected chi connectivity index (χ3v) is 4.65. The molecule has 0 aliphatic rings. The minimum atomic E-state index is 0.0942. The quantitative estimate of drug-likeness (QED) is 0.509. The summed E-state index contributed by atoms with van der Waals surface area (Å²) in [5.74, 6) is 2.13. The predicted octanol–water partition coefficient (Wildman–Crippen LogP) is 4.98. The van der Waals surface area contributed by atoms with Crippen LogP contribution in [0, 0.1) is 6.92 Å². The lowest BCUT2D eigenvalue weighted by Crippen LogP contribution is -2.21. The molecule has 4 rings (SSSR count). The van der Waals surface area contributed by atoms with Crippen LogP contribution < -0.4 is 0 Å². The third-order valence-electron chi connectivity index (χ3n) is 4.65. The van der Waals surface area contributed by atoms with Crippen molar-refractivity contribution in [3.8, 4) is 11.4 Å². The Morgan fingerprint density at radius 2 is 1.92 bits per heavy atom. The normalized spacial score (nSPS) is 12.8. The Balaban J connectivity index is 1.50. The monoisotopic (exact) mass is 347 g/mol. The fourth-order valence-electron chi connectivity index (χ4n) is 3.00. The Hall–Kier alpha value is -2.92. The molecule has 0 amide bonds. The van der Waals surface area contributed by atoms with Crippen molar-refractivity contribution in [3.63, 3.8) is 0 Å². The smallest absolute Gasteiger partial charge is 0.241 e. The van der Waals surface area contributed by atoms with Gasteiger partial charge in [-0.05, 0) is 39.1 Å². The van der Waals surface area contributed by atoms with Crippen LogP contribution in [0.4, 0.5) is 0 Å². The van der Waals surface area contributed by atoms with Crippen LogP contribution in [0.3, 0.4) is 0 Å². The van der Waals surface area contributed by atoms with Gasteiger partial charge < -0.3 is 8.94 Å². The van der Waals surface area contributed by atoms with Crippen molar-refractivity contribution in [2.75, 3.05) is 7.05 Å². The highest BCUT2D eigenvalue weighted by atomic mass is 16.5. The van der Waals surface area contributed by atoms with Gasteiger partial charge in [-0.3, -0.25) is 4.90 Å². The van der Waals surface area contributed by atoms with E-state index in [1.54, 1.807) is 0 Å². The van der Waals surface area contributed by atoms with E-state index in [4.69, 9.17) is 8.94 Å². The van der Waals surface area contributed by atoms with Gasteiger partial charge >= 0.3 is 0 Å². The van der Waals surface area contributed by atoms with Gasteiger partial charge in [-0.2, -0.15) is 4.98 Å². The SMILES string of the molecule is Cc1cccc(-c2noc(CN(C)C(C)c3cc4ccccc4o3)n2)c1. The molecule has 0 aliphatic heterocycles. The van der Waals surface area contributed by atoms with Gasteiger partial charge in [0.2, 0.25) is 11.7 Å². The fourth-order valence-corrected chi connectivity index (χ4v) is 3.00. The molecule has 0 N–H and O–H groups in total. The Morgan fingerprint density at radius 3 is 2.73 bits per heavy atom. The number of furan rings is 1. The number of aryl methyl sites for hydroxylation is 1. The summed E-state index contributed by atoms with van der Waals surface area (Å²) >= 11 is 0. The average molecular weight is 347 g/mol. The van der Waals surface area contributed by atoms with Crippen molar-refractivity contribution in [2.45, 2.75) is 26.4 Å². The van der Waals surface area contributed by atoms with E-state index >= 15 is 0 Å². The zero-order valence-corrected chi connectivity index (χ0v) is 15.1. The Kier molecular flexibility index (Phi) is 4.31. The second kappa shape index (κ2) is 6.77. The summed E-state index contributed by atoms with van der Waals surface area (Å²) in [7, 11) is 2.02. The van der Waals surface area contributed by atoms with Crippen LogP contribution in [0.1, 0.15) is 30.2 Å². The lowest BCUT2D eigenvalue weighted by atomic mass is 10.1. The van der Waals surface area contributed by atoms with Gasteiger partial charge in [0.05, 0.1) is 12.6 Å². The first-order valence-corrected chi connectivity index (χ1v) is 8.68. The standard InChI is InChI=1S/C21H21N3O2/c1-14-7-6-9-17(11-14)21-22-20(26-23-21)13-24(3)15(2)19-12-16-8-4-5-10-18(16)25-19/h4-12,15H,13H2,1-3H3. The van der Waals surface area contributed by atoms with Crippen molar-refractivity contribution in [1.29, 1.82) is 0 Å². The summed E-state index contributed by atoms with van der Waals surface area (Å²) in [6.07, 6.45) is 0. The van der Waals surface area contributed by atoms with Crippen LogP contribution in [-0.4, -0.2) is 22.1 Å². The lowest BCUT2D eigenvalue weighted by Gasteiger charge is -2.20. The van der Waals surface area contributed by atoms with Crippen LogP contribution in [0.5, 0.6) is 0 Å². The van der Waals surface area contributed by atoms with Gasteiger partial charge in [0.15, 0.2) is 0 Å². The number of aromatic nitrogens is 2. The van der Waals surface area contributed by atoms with E-state index in [1.165, 1.54) is 5.56 Å². The molecule has 132 valence electrons. The average Bonchev–Trinajstić information content (AvgIpc) is 3.27. The van der Waals surface area contributed by atoms with Crippen LogP contribution in [0.25, 0.3) is 22.4 Å². The highest BCUT2D eigenvalue weighted by Gasteiger charge is 2.19. The molecule has 0 saturated heterocycles. The maximum absolute atomic E-state index is 5.97. The molecular formula is C21H21N3O2. The van der Waals surface area contributed by atoms with Crippen LogP contribution in [-0.2, 0) is 6.54 Å². The zero-order valence-electron chi connectivity index (χ0n) is 15.1. The first-order chi connectivity index (χ1) is 12.6. The molecular weight excluding hydrogens is 326 g/mol. The van der Waals surface area contributed by atoms with E-state index in [0.29, 0.717) is 18.3 Å². The largest absolute Gasteiger partial charge is 0.459 e. The lowest BCUT2D eigenvalue weighted by molar-refractivity contribution is 0.198. The molecule has 1 unspecified atom stereocenters. The molecule has 1 atom stereocenters. The Morgan fingerprint density at radius 1 is 1.08 bits per heavy atom. The fraction of sp³-hybridized carbons (Fsp3) is 0.238. The molecule has 26 heavy (non-hydrogen) atoms. The summed E-state index contributed by atoms with van der Waals surface area (Å²) in [6.45, 7) is 4.71. The summed E-state index contributed by atoms with van der Waals surface area (Å²) in [4.78, 5) is 6.66. The van der Waals surface area contributed by atoms with Gasteiger partial charge in [0, 0.05) is 10.9 Å². The maximum Gasteiger partial charge on any atom is 0.241 e. The van der Waals surface area contributed by atoms with Gasteiger partial charge in [-0.15, -0.1) is 0 Å². The molecule has 2 aromatic heterocycles. The molecule has 0 bridgehead atoms. The molecule has 0 spiro atoms. The number of hydrogen-bond donors (Lipinski definition) is 0. The number of hydrogen-bond acceptors (Lipinski definition) is 5. The molecule has 0 radical (unpaired) electrons. The van der Waals surface area contributed by atoms with E-state index < -0.39 is 0 Å². The van der Waals surface area contributed by atoms with Crippen molar-refractivity contribution >= 4 is 11.0 Å². The van der Waals surface area contributed by atoms with E-state index in [9.17, 15) is 0 Å². The Labute approximate surface area is 152 Å². The van der Waals surface area contributed by atoms with E-state index in [0.717, 1.165) is 22.3 Å². The summed E-state index contributed by atoms with van der Waals surface area (Å²) < 4.78 is 11.4. The molecule has 0 fully saturated rings. The zero-order chi connectivity index (χ0) is 18.1. The van der Waals surface area contributed by atoms with Crippen LogP contribution >= 0.6 is 0 Å². The van der Waals surface area contributed by atoms with E-state index in [-0.39, 0.29) is 6.04 Å². The minimum Gasteiger partial charge on any atom is -0.459 e. The molecule has 0 aliphatic carbocycles. The molecule has 0 saturated carbocycles. The number of nitrogens with zero attached hydrogens (tertiary/aromatic N) is 3. The molecule has 5 nitrogen and oxygen atoms in total. The van der Waals surface area contributed by atoms with E-state index in [2.05, 4.69) is 40.2 Å². The maximum atomic E-state index is 5.97. The minimum absolute atomic E-state index is 0.0942. The van der Waals surface area contributed by atoms with Crippen LogP contribution in [0.15, 0.2) is 63.5 Å². The summed E-state index contributed by atoms with van der Waals surface area (Å²) in [5, 5.41) is 5.22. The van der Waals surface area contributed by atoms with Crippen molar-refractivity contribution < 1.29 is 8.94 Å². The Bertz CT molecular complexity index is 1000. The number of benzene rings is 2. The van der Waals surface area contributed by atoms with Crippen LogP contribution in [0.2, 0.25) is 0 Å². The first-order valence-electron chi connectivity index (χ1n) is 8.68. The summed E-state index contributed by atoms with van der Waals surface area (Å²) in [5.41, 5.74) is 3.04. The van der Waals surface area contributed by atoms with Crippen molar-refractivity contribution in [3.05, 3.63) is 71.8 Å².